The Balaban J connectivity index is 2.87. The Labute approximate surface area is 96.7 Å². The summed E-state index contributed by atoms with van der Waals surface area (Å²) < 4.78 is 2.23. The fourth-order valence-electron chi connectivity index (χ4n) is 1.47. The van der Waals surface area contributed by atoms with E-state index < -0.39 is 0 Å². The highest BCUT2D eigenvalue weighted by Gasteiger charge is 2.22. The van der Waals surface area contributed by atoms with E-state index in [0.717, 1.165) is 6.54 Å². The molecule has 0 aliphatic carbocycles. The summed E-state index contributed by atoms with van der Waals surface area (Å²) in [7, 11) is 1.98. The lowest BCUT2D eigenvalue weighted by Crippen LogP contribution is -2.35. The van der Waals surface area contributed by atoms with Gasteiger partial charge >= 0.3 is 0 Å². The van der Waals surface area contributed by atoms with Crippen molar-refractivity contribution in [1.82, 2.24) is 14.9 Å². The summed E-state index contributed by atoms with van der Waals surface area (Å²) in [5.74, 6) is 0. The molecule has 0 amide bonds. The molecule has 0 radical (unpaired) electrons. The molecule has 0 aliphatic rings. The zero-order valence-corrected chi connectivity index (χ0v) is 11.1. The first kappa shape index (κ1) is 12.6. The van der Waals surface area contributed by atoms with E-state index in [0.29, 0.717) is 5.25 Å². The Morgan fingerprint density at radius 2 is 2.27 bits per heavy atom. The Hall–Kier alpha value is -0.480. The van der Waals surface area contributed by atoms with Crippen LogP contribution in [0.15, 0.2) is 12.5 Å². The quantitative estimate of drug-likeness (QED) is 0.835. The second-order valence-corrected chi connectivity index (χ2v) is 5.63. The number of nitrogens with one attached hydrogen (secondary N) is 1. The predicted molar refractivity (Wildman–Crippen MR) is 67.3 cm³/mol. The van der Waals surface area contributed by atoms with Crippen LogP contribution in [-0.4, -0.2) is 28.1 Å². The number of thioether (sulfide) groups is 1. The predicted octanol–water partition coefficient (Wildman–Crippen LogP) is 2.09. The molecule has 0 aromatic carbocycles. The van der Waals surface area contributed by atoms with Gasteiger partial charge in [0.25, 0.3) is 0 Å². The Bertz CT molecular complexity index is 307. The van der Waals surface area contributed by atoms with Crippen LogP contribution >= 0.6 is 11.8 Å². The number of imidazole rings is 1. The molecule has 15 heavy (non-hydrogen) atoms. The van der Waals surface area contributed by atoms with Gasteiger partial charge in [0.1, 0.15) is 0 Å². The van der Waals surface area contributed by atoms with Gasteiger partial charge in [-0.25, -0.2) is 4.98 Å². The van der Waals surface area contributed by atoms with Gasteiger partial charge in [-0.3, -0.25) is 0 Å². The molecule has 4 heteroatoms. The minimum absolute atomic E-state index is 0.0192. The highest BCUT2D eigenvalue weighted by atomic mass is 32.2. The van der Waals surface area contributed by atoms with Gasteiger partial charge in [0, 0.05) is 18.0 Å². The maximum absolute atomic E-state index is 4.24. The number of hydrogen-bond donors (Lipinski definition) is 1. The minimum atomic E-state index is -0.0192. The molecule has 0 spiro atoms. The van der Waals surface area contributed by atoms with Gasteiger partial charge in [-0.15, -0.1) is 0 Å². The van der Waals surface area contributed by atoms with Gasteiger partial charge in [0.15, 0.2) is 0 Å². The van der Waals surface area contributed by atoms with Crippen molar-refractivity contribution in [2.45, 2.75) is 38.1 Å². The van der Waals surface area contributed by atoms with Crippen molar-refractivity contribution in [2.75, 3.05) is 13.3 Å². The third kappa shape index (κ3) is 2.98. The normalized spacial score (nSPS) is 14.2. The lowest BCUT2D eigenvalue weighted by molar-refractivity contribution is 0.408. The molecule has 1 atom stereocenters. The second-order valence-electron chi connectivity index (χ2n) is 4.35. The van der Waals surface area contributed by atoms with Crippen molar-refractivity contribution >= 4 is 11.8 Å². The number of nitrogens with zero attached hydrogens (tertiary/aromatic N) is 2. The van der Waals surface area contributed by atoms with Crippen LogP contribution in [0, 0.1) is 0 Å². The highest BCUT2D eigenvalue weighted by Crippen LogP contribution is 2.20. The summed E-state index contributed by atoms with van der Waals surface area (Å²) in [4.78, 5) is 4.24. The molecule has 0 fully saturated rings. The van der Waals surface area contributed by atoms with Gasteiger partial charge in [-0.1, -0.05) is 6.92 Å². The average Bonchev–Trinajstić information content (AvgIpc) is 2.66. The van der Waals surface area contributed by atoms with E-state index in [-0.39, 0.29) is 5.54 Å². The molecular formula is C11H21N3S. The Morgan fingerprint density at radius 1 is 1.60 bits per heavy atom. The first-order valence-corrected chi connectivity index (χ1v) is 6.52. The Kier molecular flexibility index (Phi) is 4.22. The topological polar surface area (TPSA) is 29.9 Å². The zero-order chi connectivity index (χ0) is 11.5. The maximum Gasteiger partial charge on any atom is 0.0949 e. The van der Waals surface area contributed by atoms with E-state index in [1.807, 2.05) is 31.3 Å². The lowest BCUT2D eigenvalue weighted by Gasteiger charge is -2.26. The first-order chi connectivity index (χ1) is 7.01. The summed E-state index contributed by atoms with van der Waals surface area (Å²) in [5, 5.41) is 3.92. The smallest absolute Gasteiger partial charge is 0.0949 e. The molecular weight excluding hydrogens is 206 g/mol. The number of rotatable bonds is 5. The van der Waals surface area contributed by atoms with Crippen LogP contribution in [0.2, 0.25) is 0 Å². The van der Waals surface area contributed by atoms with E-state index >= 15 is 0 Å². The highest BCUT2D eigenvalue weighted by molar-refractivity contribution is 7.99. The number of aromatic nitrogens is 2. The molecule has 0 aliphatic heterocycles. The fraction of sp³-hybridized carbons (Fsp3) is 0.727. The van der Waals surface area contributed by atoms with Crippen LogP contribution < -0.4 is 5.32 Å². The molecule has 1 aromatic heterocycles. The SMILES string of the molecule is CNC(C)(C)c1cncn1CC(C)SC. The van der Waals surface area contributed by atoms with Crippen molar-refractivity contribution in [1.29, 1.82) is 0 Å². The molecule has 1 aromatic rings. The van der Waals surface area contributed by atoms with Gasteiger partial charge in [-0.05, 0) is 27.2 Å². The van der Waals surface area contributed by atoms with Crippen molar-refractivity contribution in [2.24, 2.45) is 0 Å². The van der Waals surface area contributed by atoms with Gasteiger partial charge in [-0.2, -0.15) is 11.8 Å². The number of hydrogen-bond acceptors (Lipinski definition) is 3. The summed E-state index contributed by atoms with van der Waals surface area (Å²) in [6, 6.07) is 0. The summed E-state index contributed by atoms with van der Waals surface area (Å²) in [6.45, 7) is 7.59. The van der Waals surface area contributed by atoms with Gasteiger partial charge < -0.3 is 9.88 Å². The van der Waals surface area contributed by atoms with Crippen molar-refractivity contribution in [3.05, 3.63) is 18.2 Å². The molecule has 1 unspecified atom stereocenters. The molecule has 1 heterocycles. The van der Waals surface area contributed by atoms with Gasteiger partial charge in [0.2, 0.25) is 0 Å². The second kappa shape index (κ2) is 5.03. The van der Waals surface area contributed by atoms with Crippen LogP contribution in [0.1, 0.15) is 26.5 Å². The molecule has 0 saturated heterocycles. The largest absolute Gasteiger partial charge is 0.332 e. The van der Waals surface area contributed by atoms with E-state index in [2.05, 4.69) is 41.9 Å². The van der Waals surface area contributed by atoms with Crippen LogP contribution in [0.25, 0.3) is 0 Å². The molecule has 1 rings (SSSR count). The first-order valence-electron chi connectivity index (χ1n) is 5.23. The molecule has 0 saturated carbocycles. The zero-order valence-electron chi connectivity index (χ0n) is 10.2. The van der Waals surface area contributed by atoms with Crippen molar-refractivity contribution in [3.63, 3.8) is 0 Å². The molecule has 86 valence electrons. The van der Waals surface area contributed by atoms with Crippen LogP contribution in [0.4, 0.5) is 0 Å². The van der Waals surface area contributed by atoms with E-state index in [9.17, 15) is 0 Å². The maximum atomic E-state index is 4.24. The lowest BCUT2D eigenvalue weighted by atomic mass is 10.0. The average molecular weight is 227 g/mol. The molecule has 0 bridgehead atoms. The molecule has 1 N–H and O–H groups in total. The summed E-state index contributed by atoms with van der Waals surface area (Å²) >= 11 is 1.88. The summed E-state index contributed by atoms with van der Waals surface area (Å²) in [5.41, 5.74) is 1.22. The fourth-order valence-corrected chi connectivity index (χ4v) is 1.78. The van der Waals surface area contributed by atoms with E-state index in [4.69, 9.17) is 0 Å². The van der Waals surface area contributed by atoms with Gasteiger partial charge in [0.05, 0.1) is 17.6 Å². The van der Waals surface area contributed by atoms with Crippen LogP contribution in [-0.2, 0) is 12.1 Å². The van der Waals surface area contributed by atoms with Crippen LogP contribution in [0.3, 0.4) is 0 Å². The van der Waals surface area contributed by atoms with Crippen molar-refractivity contribution in [3.8, 4) is 0 Å². The van der Waals surface area contributed by atoms with E-state index in [1.165, 1.54) is 5.69 Å². The standard InChI is InChI=1S/C11H21N3S/c1-9(15-5)7-14-8-13-6-10(14)11(2,3)12-4/h6,8-9,12H,7H2,1-5H3. The third-order valence-corrected chi connectivity index (χ3v) is 3.79. The minimum Gasteiger partial charge on any atom is -0.332 e. The van der Waals surface area contributed by atoms with E-state index in [1.54, 1.807) is 0 Å². The monoisotopic (exact) mass is 227 g/mol. The van der Waals surface area contributed by atoms with Crippen molar-refractivity contribution < 1.29 is 0 Å². The third-order valence-electron chi connectivity index (χ3n) is 2.83. The van der Waals surface area contributed by atoms with Crippen LogP contribution in [0.5, 0.6) is 0 Å². The Morgan fingerprint density at radius 3 is 2.80 bits per heavy atom. The summed E-state index contributed by atoms with van der Waals surface area (Å²) in [6.07, 6.45) is 6.01. The molecule has 3 nitrogen and oxygen atoms in total.